The van der Waals surface area contributed by atoms with Crippen LogP contribution >= 0.6 is 0 Å². The van der Waals surface area contributed by atoms with Gasteiger partial charge in [-0.1, -0.05) is 6.92 Å². The summed E-state index contributed by atoms with van der Waals surface area (Å²) in [5.41, 5.74) is 0. The topological polar surface area (TPSA) is 52.7 Å². The Hall–Kier alpha value is -0.170. The Balaban J connectivity index is 2.40. The van der Waals surface area contributed by atoms with Crippen LogP contribution in [-0.2, 0) is 10.0 Å². The van der Waals surface area contributed by atoms with Crippen molar-refractivity contribution in [2.45, 2.75) is 19.8 Å². The van der Waals surface area contributed by atoms with Crippen LogP contribution in [0, 0.1) is 0 Å². The lowest BCUT2D eigenvalue weighted by Crippen LogP contribution is -2.38. The van der Waals surface area contributed by atoms with Crippen molar-refractivity contribution in [3.8, 4) is 0 Å². The van der Waals surface area contributed by atoms with Gasteiger partial charge in [-0.15, -0.1) is 0 Å². The minimum Gasteiger partial charge on any atom is -0.316 e. The van der Waals surface area contributed by atoms with E-state index in [-0.39, 0.29) is 5.75 Å². The Morgan fingerprint density at radius 1 is 1.12 bits per heavy atom. The molecule has 1 heterocycles. The highest BCUT2D eigenvalue weighted by Gasteiger charge is 2.23. The molecule has 0 aromatic carbocycles. The van der Waals surface area contributed by atoms with Gasteiger partial charge in [-0.3, -0.25) is 0 Å². The third-order valence-electron chi connectivity index (χ3n) is 3.04. The van der Waals surface area contributed by atoms with Gasteiger partial charge in [-0.25, -0.2) is 12.7 Å². The molecule has 0 aromatic rings. The SMILES string of the molecule is CCCNCCS(=O)(=O)N1CCCN(C)CC1. The summed E-state index contributed by atoms with van der Waals surface area (Å²) in [6, 6.07) is 0. The Labute approximate surface area is 105 Å². The fourth-order valence-corrected chi connectivity index (χ4v) is 3.36. The number of hydrogen-bond donors (Lipinski definition) is 1. The third kappa shape index (κ3) is 5.33. The molecule has 0 aliphatic carbocycles. The number of rotatable bonds is 6. The van der Waals surface area contributed by atoms with Crippen LogP contribution < -0.4 is 5.32 Å². The molecule has 102 valence electrons. The second-order valence-corrected chi connectivity index (χ2v) is 6.71. The van der Waals surface area contributed by atoms with E-state index in [9.17, 15) is 8.42 Å². The Morgan fingerprint density at radius 2 is 1.88 bits per heavy atom. The minimum atomic E-state index is -3.07. The van der Waals surface area contributed by atoms with Crippen molar-refractivity contribution >= 4 is 10.0 Å². The second kappa shape index (κ2) is 7.31. The highest BCUT2D eigenvalue weighted by atomic mass is 32.2. The van der Waals surface area contributed by atoms with Gasteiger partial charge in [0, 0.05) is 26.2 Å². The summed E-state index contributed by atoms with van der Waals surface area (Å²) in [5, 5.41) is 3.14. The summed E-state index contributed by atoms with van der Waals surface area (Å²) in [6.45, 7) is 6.64. The van der Waals surface area contributed by atoms with Crippen LogP contribution in [-0.4, -0.2) is 69.7 Å². The van der Waals surface area contributed by atoms with Crippen molar-refractivity contribution in [3.05, 3.63) is 0 Å². The van der Waals surface area contributed by atoms with Crippen LogP contribution in [0.2, 0.25) is 0 Å². The molecule has 1 saturated heterocycles. The first-order valence-electron chi connectivity index (χ1n) is 6.43. The van der Waals surface area contributed by atoms with Gasteiger partial charge in [0.1, 0.15) is 0 Å². The van der Waals surface area contributed by atoms with Gasteiger partial charge in [0.25, 0.3) is 0 Å². The van der Waals surface area contributed by atoms with Crippen LogP contribution in [0.1, 0.15) is 19.8 Å². The lowest BCUT2D eigenvalue weighted by atomic mass is 10.4. The predicted molar refractivity (Wildman–Crippen MR) is 70.6 cm³/mol. The van der Waals surface area contributed by atoms with Gasteiger partial charge in [-0.2, -0.15) is 0 Å². The average Bonchev–Trinajstić information content (AvgIpc) is 2.50. The van der Waals surface area contributed by atoms with E-state index in [2.05, 4.69) is 17.1 Å². The first kappa shape index (κ1) is 14.9. The highest BCUT2D eigenvalue weighted by molar-refractivity contribution is 7.89. The molecule has 1 aliphatic heterocycles. The fourth-order valence-electron chi connectivity index (χ4n) is 1.93. The smallest absolute Gasteiger partial charge is 0.215 e. The summed E-state index contributed by atoms with van der Waals surface area (Å²) in [7, 11) is -1.03. The first-order valence-corrected chi connectivity index (χ1v) is 8.04. The molecule has 1 rings (SSSR count). The van der Waals surface area contributed by atoms with Crippen LogP contribution in [0.4, 0.5) is 0 Å². The lowest BCUT2D eigenvalue weighted by molar-refractivity contribution is 0.347. The molecule has 0 aromatic heterocycles. The summed E-state index contributed by atoms with van der Waals surface area (Å²) in [5.74, 6) is 0.219. The van der Waals surface area contributed by atoms with Crippen LogP contribution in [0.3, 0.4) is 0 Å². The molecule has 0 bridgehead atoms. The predicted octanol–water partition coefficient (Wildman–Crippen LogP) is -0.0467. The van der Waals surface area contributed by atoms with Gasteiger partial charge >= 0.3 is 0 Å². The Kier molecular flexibility index (Phi) is 6.40. The van der Waals surface area contributed by atoms with Gasteiger partial charge in [0.05, 0.1) is 5.75 Å². The summed E-state index contributed by atoms with van der Waals surface area (Å²) >= 11 is 0. The summed E-state index contributed by atoms with van der Waals surface area (Å²) in [6.07, 6.45) is 1.96. The zero-order valence-corrected chi connectivity index (χ0v) is 11.8. The first-order chi connectivity index (χ1) is 8.06. The van der Waals surface area contributed by atoms with E-state index < -0.39 is 10.0 Å². The van der Waals surface area contributed by atoms with E-state index in [0.717, 1.165) is 32.5 Å². The van der Waals surface area contributed by atoms with Gasteiger partial charge < -0.3 is 10.2 Å². The maximum Gasteiger partial charge on any atom is 0.215 e. The molecule has 1 fully saturated rings. The van der Waals surface area contributed by atoms with E-state index in [0.29, 0.717) is 19.6 Å². The van der Waals surface area contributed by atoms with Crippen molar-refractivity contribution in [1.29, 1.82) is 0 Å². The van der Waals surface area contributed by atoms with E-state index in [4.69, 9.17) is 0 Å². The van der Waals surface area contributed by atoms with Crippen molar-refractivity contribution in [2.75, 3.05) is 52.1 Å². The second-order valence-electron chi connectivity index (χ2n) is 4.62. The number of nitrogens with zero attached hydrogens (tertiary/aromatic N) is 2. The van der Waals surface area contributed by atoms with Crippen molar-refractivity contribution in [3.63, 3.8) is 0 Å². The molecule has 1 N–H and O–H groups in total. The molecule has 1 aliphatic rings. The van der Waals surface area contributed by atoms with E-state index in [1.54, 1.807) is 4.31 Å². The average molecular weight is 263 g/mol. The largest absolute Gasteiger partial charge is 0.316 e. The van der Waals surface area contributed by atoms with Crippen molar-refractivity contribution in [1.82, 2.24) is 14.5 Å². The van der Waals surface area contributed by atoms with Crippen molar-refractivity contribution < 1.29 is 8.42 Å². The molecule has 0 amide bonds. The molecular formula is C11H25N3O2S. The molecular weight excluding hydrogens is 238 g/mol. The number of hydrogen-bond acceptors (Lipinski definition) is 4. The zero-order chi connectivity index (χ0) is 12.7. The monoisotopic (exact) mass is 263 g/mol. The van der Waals surface area contributed by atoms with E-state index >= 15 is 0 Å². The van der Waals surface area contributed by atoms with Crippen molar-refractivity contribution in [2.24, 2.45) is 0 Å². The lowest BCUT2D eigenvalue weighted by Gasteiger charge is -2.20. The third-order valence-corrected chi connectivity index (χ3v) is 4.91. The fraction of sp³-hybridized carbons (Fsp3) is 1.00. The highest BCUT2D eigenvalue weighted by Crippen LogP contribution is 2.07. The van der Waals surface area contributed by atoms with Crippen LogP contribution in [0.25, 0.3) is 0 Å². The quantitative estimate of drug-likeness (QED) is 0.683. The normalized spacial score (nSPS) is 20.4. The van der Waals surface area contributed by atoms with E-state index in [1.165, 1.54) is 0 Å². The van der Waals surface area contributed by atoms with Gasteiger partial charge in [0.2, 0.25) is 10.0 Å². The van der Waals surface area contributed by atoms with Crippen LogP contribution in [0.15, 0.2) is 0 Å². The van der Waals surface area contributed by atoms with E-state index in [1.807, 2.05) is 7.05 Å². The molecule has 0 radical (unpaired) electrons. The number of nitrogens with one attached hydrogen (secondary N) is 1. The Bertz CT molecular complexity index is 306. The number of sulfonamides is 1. The summed E-state index contributed by atoms with van der Waals surface area (Å²) in [4.78, 5) is 2.19. The maximum atomic E-state index is 12.1. The maximum absolute atomic E-state index is 12.1. The van der Waals surface area contributed by atoms with Gasteiger partial charge in [-0.05, 0) is 33.0 Å². The molecule has 0 unspecified atom stereocenters. The molecule has 5 nitrogen and oxygen atoms in total. The number of likely N-dealkylation sites (N-methyl/N-ethyl adjacent to an activating group) is 1. The summed E-state index contributed by atoms with van der Waals surface area (Å²) < 4.78 is 25.8. The Morgan fingerprint density at radius 3 is 2.59 bits per heavy atom. The zero-order valence-electron chi connectivity index (χ0n) is 11.0. The molecule has 6 heteroatoms. The molecule has 0 spiro atoms. The minimum absolute atomic E-state index is 0.219. The molecule has 0 saturated carbocycles. The van der Waals surface area contributed by atoms with Gasteiger partial charge in [0.15, 0.2) is 0 Å². The standard InChI is InChI=1S/C11H25N3O2S/c1-3-5-12-6-11-17(15,16)14-8-4-7-13(2)9-10-14/h12H,3-11H2,1-2H3. The van der Waals surface area contributed by atoms with Crippen LogP contribution in [0.5, 0.6) is 0 Å². The molecule has 17 heavy (non-hydrogen) atoms. The molecule has 0 atom stereocenters.